The van der Waals surface area contributed by atoms with Crippen LogP contribution in [0, 0.1) is 6.92 Å². The lowest BCUT2D eigenvalue weighted by molar-refractivity contribution is 0.0594. The van der Waals surface area contributed by atoms with Crippen molar-refractivity contribution in [3.63, 3.8) is 0 Å². The Morgan fingerprint density at radius 3 is 3.00 bits per heavy atom. The molecule has 0 amide bonds. The molecule has 0 saturated heterocycles. The zero-order valence-electron chi connectivity index (χ0n) is 10.0. The highest BCUT2D eigenvalue weighted by molar-refractivity contribution is 4.88. The molecule has 5 nitrogen and oxygen atoms in total. The first-order valence-corrected chi connectivity index (χ1v) is 5.59. The fourth-order valence-electron chi connectivity index (χ4n) is 1.51. The minimum absolute atomic E-state index is 0.368. The van der Waals surface area contributed by atoms with Crippen molar-refractivity contribution in [2.75, 3.05) is 26.8 Å². The van der Waals surface area contributed by atoms with E-state index in [4.69, 9.17) is 4.74 Å². The molecule has 0 aliphatic carbocycles. The zero-order valence-corrected chi connectivity index (χ0v) is 10.0. The lowest BCUT2D eigenvalue weighted by Crippen LogP contribution is -2.26. The summed E-state index contributed by atoms with van der Waals surface area (Å²) in [5.41, 5.74) is 0. The highest BCUT2D eigenvalue weighted by Crippen LogP contribution is 1.94. The van der Waals surface area contributed by atoms with Crippen molar-refractivity contribution in [2.24, 2.45) is 0 Å². The first-order chi connectivity index (χ1) is 7.74. The minimum atomic E-state index is -0.368. The van der Waals surface area contributed by atoms with E-state index < -0.39 is 0 Å². The van der Waals surface area contributed by atoms with Gasteiger partial charge in [0, 0.05) is 32.6 Å². The number of imidazole rings is 1. The maximum atomic E-state index is 9.40. The molecule has 0 aliphatic heterocycles. The second-order valence-electron chi connectivity index (χ2n) is 3.82. The summed E-state index contributed by atoms with van der Waals surface area (Å²) in [6.45, 7) is 4.99. The number of aliphatic hydroxyl groups is 1. The van der Waals surface area contributed by atoms with Crippen LogP contribution in [0.15, 0.2) is 12.4 Å². The lowest BCUT2D eigenvalue weighted by atomic mass is 10.2. The molecular weight excluding hydrogens is 206 g/mol. The third-order valence-electron chi connectivity index (χ3n) is 2.47. The van der Waals surface area contributed by atoms with Gasteiger partial charge in [0.1, 0.15) is 5.82 Å². The number of aromatic nitrogens is 2. The summed E-state index contributed by atoms with van der Waals surface area (Å²) in [6.07, 6.45) is 4.12. The predicted octanol–water partition coefficient (Wildman–Crippen LogP) is 0.179. The van der Waals surface area contributed by atoms with Gasteiger partial charge in [-0.2, -0.15) is 0 Å². The smallest absolute Gasteiger partial charge is 0.105 e. The van der Waals surface area contributed by atoms with Crippen molar-refractivity contribution < 1.29 is 9.84 Å². The third kappa shape index (κ3) is 4.74. The van der Waals surface area contributed by atoms with Gasteiger partial charge >= 0.3 is 0 Å². The van der Waals surface area contributed by atoms with Crippen molar-refractivity contribution in [3.8, 4) is 0 Å². The molecule has 0 radical (unpaired) electrons. The molecule has 0 bridgehead atoms. The van der Waals surface area contributed by atoms with Crippen LogP contribution in [-0.2, 0) is 11.3 Å². The van der Waals surface area contributed by atoms with Gasteiger partial charge in [-0.25, -0.2) is 4.98 Å². The number of nitrogens with zero attached hydrogens (tertiary/aromatic N) is 2. The Morgan fingerprint density at radius 1 is 1.56 bits per heavy atom. The highest BCUT2D eigenvalue weighted by Gasteiger charge is 2.02. The topological polar surface area (TPSA) is 59.3 Å². The van der Waals surface area contributed by atoms with Gasteiger partial charge < -0.3 is 19.7 Å². The molecule has 0 spiro atoms. The van der Waals surface area contributed by atoms with Crippen molar-refractivity contribution in [1.82, 2.24) is 14.9 Å². The van der Waals surface area contributed by atoms with Crippen LogP contribution in [0.2, 0.25) is 0 Å². The average Bonchev–Trinajstić information content (AvgIpc) is 2.64. The number of methoxy groups -OCH3 is 1. The molecule has 1 heterocycles. The summed E-state index contributed by atoms with van der Waals surface area (Å²) in [5.74, 6) is 1.03. The summed E-state index contributed by atoms with van der Waals surface area (Å²) in [5, 5.41) is 12.7. The van der Waals surface area contributed by atoms with E-state index in [1.165, 1.54) is 0 Å². The van der Waals surface area contributed by atoms with Crippen LogP contribution in [0.25, 0.3) is 0 Å². The van der Waals surface area contributed by atoms with Gasteiger partial charge in [0.25, 0.3) is 0 Å². The fraction of sp³-hybridized carbons (Fsp3) is 0.727. The van der Waals surface area contributed by atoms with Gasteiger partial charge in [-0.1, -0.05) is 0 Å². The van der Waals surface area contributed by atoms with E-state index >= 15 is 0 Å². The summed E-state index contributed by atoms with van der Waals surface area (Å²) >= 11 is 0. The SMILES string of the molecule is COCC(O)CCNCCn1ccnc1C. The van der Waals surface area contributed by atoms with Crippen molar-refractivity contribution in [3.05, 3.63) is 18.2 Å². The maximum absolute atomic E-state index is 9.40. The maximum Gasteiger partial charge on any atom is 0.105 e. The quantitative estimate of drug-likeness (QED) is 0.622. The summed E-state index contributed by atoms with van der Waals surface area (Å²) < 4.78 is 6.94. The molecule has 5 heteroatoms. The number of hydrogen-bond acceptors (Lipinski definition) is 4. The van der Waals surface area contributed by atoms with Crippen molar-refractivity contribution in [2.45, 2.75) is 26.0 Å². The molecule has 1 unspecified atom stereocenters. The van der Waals surface area contributed by atoms with E-state index in [2.05, 4.69) is 14.9 Å². The Balaban J connectivity index is 2.02. The number of aryl methyl sites for hydroxylation is 1. The van der Waals surface area contributed by atoms with E-state index in [1.54, 1.807) is 13.3 Å². The highest BCUT2D eigenvalue weighted by atomic mass is 16.5. The Hall–Kier alpha value is -0.910. The van der Waals surface area contributed by atoms with Crippen LogP contribution >= 0.6 is 0 Å². The van der Waals surface area contributed by atoms with Crippen LogP contribution < -0.4 is 5.32 Å². The van der Waals surface area contributed by atoms with Gasteiger partial charge in [0.15, 0.2) is 0 Å². The molecule has 0 fully saturated rings. The minimum Gasteiger partial charge on any atom is -0.391 e. The molecule has 92 valence electrons. The molecule has 1 aromatic rings. The van der Waals surface area contributed by atoms with E-state index in [-0.39, 0.29) is 6.10 Å². The predicted molar refractivity (Wildman–Crippen MR) is 62.3 cm³/mol. The van der Waals surface area contributed by atoms with Gasteiger partial charge in [0.05, 0.1) is 12.7 Å². The molecule has 2 N–H and O–H groups in total. The molecule has 1 atom stereocenters. The Labute approximate surface area is 96.4 Å². The molecule has 16 heavy (non-hydrogen) atoms. The Bertz CT molecular complexity index is 289. The van der Waals surface area contributed by atoms with Crippen LogP contribution in [-0.4, -0.2) is 47.6 Å². The number of aliphatic hydroxyl groups excluding tert-OH is 1. The third-order valence-corrected chi connectivity index (χ3v) is 2.47. The van der Waals surface area contributed by atoms with Crippen molar-refractivity contribution in [1.29, 1.82) is 0 Å². The summed E-state index contributed by atoms with van der Waals surface area (Å²) in [6, 6.07) is 0. The number of nitrogens with one attached hydrogen (secondary N) is 1. The molecule has 0 aromatic carbocycles. The monoisotopic (exact) mass is 227 g/mol. The Kier molecular flexibility index (Phi) is 6.07. The van der Waals surface area contributed by atoms with E-state index in [0.717, 1.165) is 31.9 Å². The zero-order chi connectivity index (χ0) is 11.8. The fourth-order valence-corrected chi connectivity index (χ4v) is 1.51. The van der Waals surface area contributed by atoms with E-state index in [0.29, 0.717) is 6.61 Å². The van der Waals surface area contributed by atoms with E-state index in [9.17, 15) is 5.11 Å². The van der Waals surface area contributed by atoms with Gasteiger partial charge in [-0.3, -0.25) is 0 Å². The standard InChI is InChI=1S/C11H21N3O2/c1-10-13-6-8-14(10)7-5-12-4-3-11(15)9-16-2/h6,8,11-12,15H,3-5,7,9H2,1-2H3. The van der Waals surface area contributed by atoms with Crippen LogP contribution in [0.4, 0.5) is 0 Å². The van der Waals surface area contributed by atoms with Gasteiger partial charge in [-0.15, -0.1) is 0 Å². The van der Waals surface area contributed by atoms with Crippen molar-refractivity contribution >= 4 is 0 Å². The largest absolute Gasteiger partial charge is 0.391 e. The first kappa shape index (κ1) is 13.2. The second kappa shape index (κ2) is 7.38. The summed E-state index contributed by atoms with van der Waals surface area (Å²) in [7, 11) is 1.60. The summed E-state index contributed by atoms with van der Waals surface area (Å²) in [4.78, 5) is 4.15. The van der Waals surface area contributed by atoms with E-state index in [1.807, 2.05) is 13.1 Å². The number of ether oxygens (including phenoxy) is 1. The number of rotatable bonds is 8. The lowest BCUT2D eigenvalue weighted by Gasteiger charge is -2.10. The molecule has 0 aliphatic rings. The molecule has 0 saturated carbocycles. The second-order valence-corrected chi connectivity index (χ2v) is 3.82. The van der Waals surface area contributed by atoms with Gasteiger partial charge in [-0.05, 0) is 19.9 Å². The first-order valence-electron chi connectivity index (χ1n) is 5.59. The Morgan fingerprint density at radius 2 is 2.38 bits per heavy atom. The van der Waals surface area contributed by atoms with Crippen LogP contribution in [0.3, 0.4) is 0 Å². The van der Waals surface area contributed by atoms with Crippen LogP contribution in [0.5, 0.6) is 0 Å². The molecular formula is C11H21N3O2. The number of hydrogen-bond donors (Lipinski definition) is 2. The average molecular weight is 227 g/mol. The van der Waals surface area contributed by atoms with Crippen LogP contribution in [0.1, 0.15) is 12.2 Å². The normalized spacial score (nSPS) is 12.9. The molecule has 1 rings (SSSR count). The molecule has 1 aromatic heterocycles. The van der Waals surface area contributed by atoms with Gasteiger partial charge in [0.2, 0.25) is 0 Å².